The molecule has 0 bridgehead atoms. The summed E-state index contributed by atoms with van der Waals surface area (Å²) in [6.45, 7) is -0.792. The standard InChI is InChI=1S/C11H16N4O4/c1-15(7(3-16)8(18)4-17)6-2-12-10-9(6)13-5-14-11(10)19/h2,5,7-8,12,16-18H,3-4H2,1H3,(H,13,14,19). The van der Waals surface area contributed by atoms with E-state index in [0.717, 1.165) is 0 Å². The highest BCUT2D eigenvalue weighted by molar-refractivity contribution is 5.91. The molecular formula is C11H16N4O4. The Labute approximate surface area is 109 Å². The summed E-state index contributed by atoms with van der Waals surface area (Å²) in [6, 6.07) is -0.680. The molecule has 2 heterocycles. The second-order valence-electron chi connectivity index (χ2n) is 4.21. The zero-order chi connectivity index (χ0) is 14.0. The number of aromatic amines is 1. The molecular weight excluding hydrogens is 252 g/mol. The number of rotatable bonds is 5. The molecule has 2 rings (SSSR count). The van der Waals surface area contributed by atoms with Gasteiger partial charge in [-0.15, -0.1) is 0 Å². The fourth-order valence-corrected chi connectivity index (χ4v) is 1.98. The number of nitrogens with zero attached hydrogens (tertiary/aromatic N) is 3. The van der Waals surface area contributed by atoms with Crippen LogP contribution in [-0.2, 0) is 0 Å². The van der Waals surface area contributed by atoms with Gasteiger partial charge in [0.15, 0.2) is 0 Å². The van der Waals surface area contributed by atoms with Crippen LogP contribution in [0.4, 0.5) is 5.69 Å². The maximum atomic E-state index is 9.67. The largest absolute Gasteiger partial charge is 0.492 e. The molecule has 0 aliphatic carbocycles. The maximum absolute atomic E-state index is 9.67. The number of aliphatic hydroxyl groups is 3. The highest BCUT2D eigenvalue weighted by Gasteiger charge is 2.25. The van der Waals surface area contributed by atoms with Crippen molar-refractivity contribution in [1.82, 2.24) is 15.0 Å². The van der Waals surface area contributed by atoms with Crippen LogP contribution < -0.4 is 4.90 Å². The highest BCUT2D eigenvalue weighted by Crippen LogP contribution is 2.29. The Morgan fingerprint density at radius 1 is 1.32 bits per heavy atom. The molecule has 8 nitrogen and oxygen atoms in total. The van der Waals surface area contributed by atoms with Crippen LogP contribution in [0.15, 0.2) is 12.5 Å². The van der Waals surface area contributed by atoms with E-state index in [2.05, 4.69) is 15.0 Å². The Balaban J connectivity index is 2.41. The summed E-state index contributed by atoms with van der Waals surface area (Å²) in [7, 11) is 1.65. The molecule has 0 fully saturated rings. The van der Waals surface area contributed by atoms with Gasteiger partial charge >= 0.3 is 0 Å². The minimum absolute atomic E-state index is 0.173. The third-order valence-corrected chi connectivity index (χ3v) is 3.12. The number of fused-ring (bicyclic) bond motifs is 1. The summed E-state index contributed by atoms with van der Waals surface area (Å²) in [6.07, 6.45) is 1.72. The SMILES string of the molecule is CN(c1c[nH]c2c(O)ncnc12)C(CO)C(O)CO. The van der Waals surface area contributed by atoms with Crippen molar-refractivity contribution in [3.63, 3.8) is 0 Å². The number of likely N-dealkylation sites (N-methyl/N-ethyl adjacent to an activating group) is 1. The van der Waals surface area contributed by atoms with E-state index in [-0.39, 0.29) is 12.5 Å². The average Bonchev–Trinajstić information content (AvgIpc) is 2.84. The first-order chi connectivity index (χ1) is 9.10. The second kappa shape index (κ2) is 5.39. The number of hydrogen-bond acceptors (Lipinski definition) is 7. The maximum Gasteiger partial charge on any atom is 0.239 e. The van der Waals surface area contributed by atoms with Gasteiger partial charge in [0.05, 0.1) is 31.0 Å². The number of nitrogens with one attached hydrogen (secondary N) is 1. The first-order valence-electron chi connectivity index (χ1n) is 5.73. The molecule has 0 aromatic carbocycles. The molecule has 2 aromatic rings. The quantitative estimate of drug-likeness (QED) is 0.462. The number of aromatic hydroxyl groups is 1. The zero-order valence-corrected chi connectivity index (χ0v) is 10.4. The third kappa shape index (κ3) is 2.33. The van der Waals surface area contributed by atoms with E-state index in [1.54, 1.807) is 18.1 Å². The monoisotopic (exact) mass is 268 g/mol. The van der Waals surface area contributed by atoms with E-state index in [1.165, 1.54) is 6.33 Å². The van der Waals surface area contributed by atoms with Crippen LogP contribution in [0, 0.1) is 0 Å². The molecule has 0 saturated carbocycles. The number of aromatic nitrogens is 3. The first kappa shape index (κ1) is 13.5. The van der Waals surface area contributed by atoms with Crippen molar-refractivity contribution in [1.29, 1.82) is 0 Å². The molecule has 0 saturated heterocycles. The van der Waals surface area contributed by atoms with Crippen LogP contribution in [0.5, 0.6) is 5.88 Å². The Morgan fingerprint density at radius 2 is 2.05 bits per heavy atom. The van der Waals surface area contributed by atoms with Gasteiger partial charge in [-0.25, -0.2) is 9.97 Å². The van der Waals surface area contributed by atoms with Gasteiger partial charge in [0.1, 0.15) is 17.4 Å². The molecule has 0 radical (unpaired) electrons. The highest BCUT2D eigenvalue weighted by atomic mass is 16.3. The molecule has 0 spiro atoms. The molecule has 8 heteroatoms. The Kier molecular flexibility index (Phi) is 3.84. The number of anilines is 1. The summed E-state index contributed by atoms with van der Waals surface area (Å²) in [4.78, 5) is 12.1. The summed E-state index contributed by atoms with van der Waals surface area (Å²) < 4.78 is 0. The van der Waals surface area contributed by atoms with Crippen molar-refractivity contribution < 1.29 is 20.4 Å². The van der Waals surface area contributed by atoms with Crippen LogP contribution in [0.3, 0.4) is 0 Å². The van der Waals surface area contributed by atoms with Gasteiger partial charge in [-0.1, -0.05) is 0 Å². The second-order valence-corrected chi connectivity index (χ2v) is 4.21. The minimum atomic E-state index is -1.09. The van der Waals surface area contributed by atoms with Crippen LogP contribution in [0.2, 0.25) is 0 Å². The van der Waals surface area contributed by atoms with E-state index >= 15 is 0 Å². The van der Waals surface area contributed by atoms with Crippen LogP contribution >= 0.6 is 0 Å². The summed E-state index contributed by atoms with van der Waals surface area (Å²) >= 11 is 0. The van der Waals surface area contributed by atoms with Gasteiger partial charge in [-0.05, 0) is 0 Å². The molecule has 2 atom stereocenters. The summed E-state index contributed by atoms with van der Waals surface area (Å²) in [5, 5.41) is 37.5. The summed E-state index contributed by atoms with van der Waals surface area (Å²) in [5.41, 5.74) is 1.43. The van der Waals surface area contributed by atoms with Crippen molar-refractivity contribution in [2.45, 2.75) is 12.1 Å². The molecule has 0 amide bonds. The van der Waals surface area contributed by atoms with Gasteiger partial charge in [-0.2, -0.15) is 0 Å². The fraction of sp³-hybridized carbons (Fsp3) is 0.455. The van der Waals surface area contributed by atoms with Crippen molar-refractivity contribution in [2.24, 2.45) is 0 Å². The first-order valence-corrected chi connectivity index (χ1v) is 5.73. The van der Waals surface area contributed by atoms with E-state index in [9.17, 15) is 15.3 Å². The molecule has 0 aliphatic heterocycles. The van der Waals surface area contributed by atoms with E-state index < -0.39 is 18.8 Å². The van der Waals surface area contributed by atoms with Crippen molar-refractivity contribution in [2.75, 3.05) is 25.2 Å². The van der Waals surface area contributed by atoms with Gasteiger partial charge in [0.2, 0.25) is 5.88 Å². The Bertz CT molecular complexity index is 559. The topological polar surface area (TPSA) is 126 Å². The lowest BCUT2D eigenvalue weighted by Gasteiger charge is -2.30. The van der Waals surface area contributed by atoms with Gasteiger partial charge < -0.3 is 30.3 Å². The van der Waals surface area contributed by atoms with E-state index in [4.69, 9.17) is 5.11 Å². The Hall–Kier alpha value is -1.90. The van der Waals surface area contributed by atoms with Crippen LogP contribution in [-0.4, -0.2) is 67.8 Å². The molecule has 2 unspecified atom stereocenters. The van der Waals surface area contributed by atoms with E-state index in [0.29, 0.717) is 16.7 Å². The zero-order valence-electron chi connectivity index (χ0n) is 10.4. The normalized spacial score (nSPS) is 14.5. The van der Waals surface area contributed by atoms with Crippen molar-refractivity contribution >= 4 is 16.7 Å². The fourth-order valence-electron chi connectivity index (χ4n) is 1.98. The molecule has 19 heavy (non-hydrogen) atoms. The van der Waals surface area contributed by atoms with Crippen LogP contribution in [0.1, 0.15) is 0 Å². The smallest absolute Gasteiger partial charge is 0.239 e. The van der Waals surface area contributed by atoms with Crippen molar-refractivity contribution in [3.8, 4) is 5.88 Å². The predicted molar refractivity (Wildman–Crippen MR) is 67.9 cm³/mol. The average molecular weight is 268 g/mol. The number of aliphatic hydroxyl groups excluding tert-OH is 3. The molecule has 0 aliphatic rings. The number of H-pyrrole nitrogens is 1. The number of hydrogen-bond donors (Lipinski definition) is 5. The lowest BCUT2D eigenvalue weighted by atomic mass is 10.1. The van der Waals surface area contributed by atoms with Gasteiger partial charge in [0, 0.05) is 13.2 Å². The molecule has 5 N–H and O–H groups in total. The van der Waals surface area contributed by atoms with Gasteiger partial charge in [-0.3, -0.25) is 0 Å². The van der Waals surface area contributed by atoms with E-state index in [1.807, 2.05) is 0 Å². The predicted octanol–water partition coefficient (Wildman–Crippen LogP) is -1.19. The third-order valence-electron chi connectivity index (χ3n) is 3.12. The Morgan fingerprint density at radius 3 is 2.68 bits per heavy atom. The van der Waals surface area contributed by atoms with Crippen LogP contribution in [0.25, 0.3) is 11.0 Å². The molecule has 104 valence electrons. The lowest BCUT2D eigenvalue weighted by molar-refractivity contribution is 0.0533. The van der Waals surface area contributed by atoms with Crippen molar-refractivity contribution in [3.05, 3.63) is 12.5 Å². The van der Waals surface area contributed by atoms with Gasteiger partial charge in [0.25, 0.3) is 0 Å². The summed E-state index contributed by atoms with van der Waals surface area (Å²) in [5.74, 6) is -0.173. The minimum Gasteiger partial charge on any atom is -0.492 e. The lowest BCUT2D eigenvalue weighted by Crippen LogP contribution is -2.45. The molecule has 2 aromatic heterocycles.